The normalized spacial score (nSPS) is 22.6. The summed E-state index contributed by atoms with van der Waals surface area (Å²) in [6.07, 6.45) is 3.78. The highest BCUT2D eigenvalue weighted by molar-refractivity contribution is 5.76. The fourth-order valence-electron chi connectivity index (χ4n) is 1.34. The molecule has 12 heavy (non-hydrogen) atoms. The number of carbonyl (C=O) groups is 1. The summed E-state index contributed by atoms with van der Waals surface area (Å²) in [5.74, 6) is 0.193. The van der Waals surface area contributed by atoms with Crippen LogP contribution in [0.4, 0.5) is 0 Å². The number of carbonyl (C=O) groups excluding carboxylic acids is 1. The van der Waals surface area contributed by atoms with Crippen LogP contribution in [0, 0.1) is 0 Å². The average Bonchev–Trinajstić information content (AvgIpc) is 2.53. The highest BCUT2D eigenvalue weighted by Gasteiger charge is 2.16. The first-order chi connectivity index (χ1) is 5.83. The van der Waals surface area contributed by atoms with E-state index in [-0.39, 0.29) is 5.91 Å². The van der Waals surface area contributed by atoms with Gasteiger partial charge in [-0.3, -0.25) is 4.79 Å². The van der Waals surface area contributed by atoms with E-state index < -0.39 is 0 Å². The van der Waals surface area contributed by atoms with Crippen molar-refractivity contribution in [2.24, 2.45) is 0 Å². The zero-order valence-electron chi connectivity index (χ0n) is 7.68. The maximum atomic E-state index is 11.2. The maximum absolute atomic E-state index is 11.2. The van der Waals surface area contributed by atoms with Crippen molar-refractivity contribution in [3.05, 3.63) is 0 Å². The minimum Gasteiger partial charge on any atom is -0.352 e. The highest BCUT2D eigenvalue weighted by atomic mass is 16.1. The first-order valence-corrected chi connectivity index (χ1v) is 4.75. The molecule has 1 unspecified atom stereocenters. The van der Waals surface area contributed by atoms with Gasteiger partial charge in [0.2, 0.25) is 5.91 Å². The van der Waals surface area contributed by atoms with Crippen LogP contribution in [-0.2, 0) is 4.79 Å². The Kier molecular flexibility index (Phi) is 4.08. The second kappa shape index (κ2) is 5.14. The van der Waals surface area contributed by atoms with E-state index in [0.29, 0.717) is 12.5 Å². The van der Waals surface area contributed by atoms with E-state index in [2.05, 4.69) is 17.6 Å². The van der Waals surface area contributed by atoms with Crippen LogP contribution in [0.2, 0.25) is 0 Å². The SMILES string of the molecule is CCCCC(=O)NC1CC[N]C1. The maximum Gasteiger partial charge on any atom is 0.220 e. The summed E-state index contributed by atoms with van der Waals surface area (Å²) < 4.78 is 0. The average molecular weight is 169 g/mol. The molecule has 3 nitrogen and oxygen atoms in total. The van der Waals surface area contributed by atoms with E-state index in [9.17, 15) is 4.79 Å². The number of hydrogen-bond donors (Lipinski definition) is 1. The Morgan fingerprint density at radius 2 is 2.50 bits per heavy atom. The van der Waals surface area contributed by atoms with Crippen LogP contribution in [0.5, 0.6) is 0 Å². The van der Waals surface area contributed by atoms with Crippen LogP contribution >= 0.6 is 0 Å². The molecule has 0 aromatic carbocycles. The molecule has 1 aliphatic heterocycles. The Morgan fingerprint density at radius 3 is 3.08 bits per heavy atom. The van der Waals surface area contributed by atoms with Gasteiger partial charge in [-0.15, -0.1) is 0 Å². The van der Waals surface area contributed by atoms with Crippen LogP contribution in [-0.4, -0.2) is 25.0 Å². The molecule has 1 heterocycles. The summed E-state index contributed by atoms with van der Waals surface area (Å²) in [7, 11) is 0. The minimum atomic E-state index is 0.193. The summed E-state index contributed by atoms with van der Waals surface area (Å²) in [6.45, 7) is 3.83. The topological polar surface area (TPSA) is 43.2 Å². The van der Waals surface area contributed by atoms with Gasteiger partial charge >= 0.3 is 0 Å². The molecular weight excluding hydrogens is 152 g/mol. The third kappa shape index (κ3) is 3.22. The predicted molar refractivity (Wildman–Crippen MR) is 47.9 cm³/mol. The predicted octanol–water partition coefficient (Wildman–Crippen LogP) is 0.669. The fourth-order valence-corrected chi connectivity index (χ4v) is 1.34. The van der Waals surface area contributed by atoms with Crippen molar-refractivity contribution < 1.29 is 4.79 Å². The molecule has 1 amide bonds. The van der Waals surface area contributed by atoms with Gasteiger partial charge in [0.15, 0.2) is 0 Å². The number of hydrogen-bond acceptors (Lipinski definition) is 1. The van der Waals surface area contributed by atoms with E-state index >= 15 is 0 Å². The van der Waals surface area contributed by atoms with Crippen LogP contribution in [0.25, 0.3) is 0 Å². The van der Waals surface area contributed by atoms with Crippen molar-refractivity contribution >= 4 is 5.91 Å². The van der Waals surface area contributed by atoms with Crippen molar-refractivity contribution in [1.29, 1.82) is 0 Å². The van der Waals surface area contributed by atoms with Crippen molar-refractivity contribution in [1.82, 2.24) is 10.6 Å². The zero-order chi connectivity index (χ0) is 8.81. The molecule has 1 fully saturated rings. The highest BCUT2D eigenvalue weighted by Crippen LogP contribution is 2.00. The van der Waals surface area contributed by atoms with Gasteiger partial charge in [0.1, 0.15) is 0 Å². The van der Waals surface area contributed by atoms with E-state index in [1.807, 2.05) is 0 Å². The lowest BCUT2D eigenvalue weighted by molar-refractivity contribution is -0.121. The molecule has 0 bridgehead atoms. The quantitative estimate of drug-likeness (QED) is 0.660. The third-order valence-corrected chi connectivity index (χ3v) is 2.11. The van der Waals surface area contributed by atoms with Crippen LogP contribution in [0.3, 0.4) is 0 Å². The van der Waals surface area contributed by atoms with Crippen molar-refractivity contribution in [3.8, 4) is 0 Å². The number of unbranched alkanes of at least 4 members (excludes halogenated alkanes) is 1. The van der Waals surface area contributed by atoms with E-state index in [0.717, 1.165) is 32.4 Å². The van der Waals surface area contributed by atoms with Crippen molar-refractivity contribution in [2.75, 3.05) is 13.1 Å². The van der Waals surface area contributed by atoms with Gasteiger partial charge in [-0.05, 0) is 12.8 Å². The second-order valence-electron chi connectivity index (χ2n) is 3.29. The minimum absolute atomic E-state index is 0.193. The van der Waals surface area contributed by atoms with Crippen LogP contribution in [0.1, 0.15) is 32.6 Å². The lowest BCUT2D eigenvalue weighted by atomic mass is 10.2. The van der Waals surface area contributed by atoms with E-state index in [1.54, 1.807) is 0 Å². The number of nitrogens with one attached hydrogen (secondary N) is 1. The van der Waals surface area contributed by atoms with Crippen LogP contribution in [0.15, 0.2) is 0 Å². The number of nitrogens with zero attached hydrogens (tertiary/aromatic N) is 1. The largest absolute Gasteiger partial charge is 0.352 e. The van der Waals surface area contributed by atoms with Gasteiger partial charge in [0, 0.05) is 25.6 Å². The lowest BCUT2D eigenvalue weighted by Crippen LogP contribution is -2.35. The number of amides is 1. The summed E-state index contributed by atoms with van der Waals surface area (Å²) in [5, 5.41) is 7.16. The first-order valence-electron chi connectivity index (χ1n) is 4.75. The molecule has 69 valence electrons. The summed E-state index contributed by atoms with van der Waals surface area (Å²) >= 11 is 0. The smallest absolute Gasteiger partial charge is 0.220 e. The molecule has 1 saturated heterocycles. The Labute approximate surface area is 73.9 Å². The molecule has 1 N–H and O–H groups in total. The molecule has 1 atom stereocenters. The molecule has 0 aliphatic carbocycles. The standard InChI is InChI=1S/C9H17N2O/c1-2-3-4-9(12)11-8-5-6-10-7-8/h8H,2-7H2,1H3,(H,11,12). The molecule has 0 aromatic heterocycles. The Balaban J connectivity index is 2.08. The van der Waals surface area contributed by atoms with Gasteiger partial charge in [-0.2, -0.15) is 0 Å². The monoisotopic (exact) mass is 169 g/mol. The molecular formula is C9H17N2O. The molecule has 0 spiro atoms. The van der Waals surface area contributed by atoms with Gasteiger partial charge < -0.3 is 5.32 Å². The van der Waals surface area contributed by atoms with E-state index in [4.69, 9.17) is 0 Å². The molecule has 1 rings (SSSR count). The van der Waals surface area contributed by atoms with Crippen molar-refractivity contribution in [2.45, 2.75) is 38.6 Å². The van der Waals surface area contributed by atoms with Gasteiger partial charge in [0.05, 0.1) is 0 Å². The molecule has 0 saturated carbocycles. The zero-order valence-corrected chi connectivity index (χ0v) is 7.68. The Bertz CT molecular complexity index is 141. The molecule has 1 radical (unpaired) electrons. The van der Waals surface area contributed by atoms with Gasteiger partial charge in [-0.1, -0.05) is 13.3 Å². The third-order valence-electron chi connectivity index (χ3n) is 2.11. The summed E-state index contributed by atoms with van der Waals surface area (Å²) in [5.41, 5.74) is 0. The van der Waals surface area contributed by atoms with Crippen molar-refractivity contribution in [3.63, 3.8) is 0 Å². The van der Waals surface area contributed by atoms with E-state index in [1.165, 1.54) is 0 Å². The van der Waals surface area contributed by atoms with Gasteiger partial charge in [0.25, 0.3) is 0 Å². The summed E-state index contributed by atoms with van der Waals surface area (Å²) in [6, 6.07) is 0.328. The molecule has 1 aliphatic rings. The molecule has 0 aromatic rings. The first kappa shape index (κ1) is 9.52. The second-order valence-corrected chi connectivity index (χ2v) is 3.29. The van der Waals surface area contributed by atoms with Crippen LogP contribution < -0.4 is 10.6 Å². The Hall–Kier alpha value is -0.570. The fraction of sp³-hybridized carbons (Fsp3) is 0.889. The molecule has 3 heteroatoms. The van der Waals surface area contributed by atoms with Gasteiger partial charge in [-0.25, -0.2) is 5.32 Å². The lowest BCUT2D eigenvalue weighted by Gasteiger charge is -2.09. The Morgan fingerprint density at radius 1 is 1.67 bits per heavy atom. The number of rotatable bonds is 4. The summed E-state index contributed by atoms with van der Waals surface area (Å²) in [4.78, 5) is 11.2.